The Bertz CT molecular complexity index is 616. The van der Waals surface area contributed by atoms with E-state index in [1.165, 1.54) is 12.1 Å². The fourth-order valence-electron chi connectivity index (χ4n) is 3.18. The van der Waals surface area contributed by atoms with Crippen LogP contribution in [0.1, 0.15) is 45.1 Å². The minimum absolute atomic E-state index is 0.0187. The average Bonchev–Trinajstić information content (AvgIpc) is 2.91. The molecular weight excluding hydrogens is 283 g/mol. The predicted octanol–water partition coefficient (Wildman–Crippen LogP) is 3.11. The van der Waals surface area contributed by atoms with Crippen LogP contribution >= 0.6 is 0 Å². The molecular formula is C17H21FN2O2. The molecule has 0 radical (unpaired) electrons. The summed E-state index contributed by atoms with van der Waals surface area (Å²) in [6.45, 7) is 4.62. The third-order valence-corrected chi connectivity index (χ3v) is 4.54. The summed E-state index contributed by atoms with van der Waals surface area (Å²) in [7, 11) is 0. The summed E-state index contributed by atoms with van der Waals surface area (Å²) in [5.41, 5.74) is 0.316. The van der Waals surface area contributed by atoms with Gasteiger partial charge in [0.2, 0.25) is 5.60 Å². The zero-order valence-electron chi connectivity index (χ0n) is 13.0. The van der Waals surface area contributed by atoms with E-state index >= 15 is 0 Å². The lowest BCUT2D eigenvalue weighted by Gasteiger charge is -2.37. The Hall–Kier alpha value is -1.91. The summed E-state index contributed by atoms with van der Waals surface area (Å²) in [6.07, 6.45) is 3.59. The van der Waals surface area contributed by atoms with E-state index in [1.807, 2.05) is 4.90 Å². The number of hydrogen-bond donors (Lipinski definition) is 0. The highest BCUT2D eigenvalue weighted by atomic mass is 19.1. The number of piperidine rings is 1. The fourth-order valence-corrected chi connectivity index (χ4v) is 3.18. The molecule has 22 heavy (non-hydrogen) atoms. The van der Waals surface area contributed by atoms with Crippen LogP contribution in [-0.2, 0) is 9.63 Å². The van der Waals surface area contributed by atoms with Gasteiger partial charge in [-0.1, -0.05) is 17.3 Å². The SMILES string of the molecule is CC1CCCCN1C(=O)C1(C)CC(c2cccc(F)c2)=NO1. The van der Waals surface area contributed by atoms with Gasteiger partial charge in [-0.3, -0.25) is 4.79 Å². The molecule has 1 amide bonds. The van der Waals surface area contributed by atoms with E-state index in [9.17, 15) is 9.18 Å². The highest BCUT2D eigenvalue weighted by Gasteiger charge is 2.45. The maximum atomic E-state index is 13.3. The molecule has 3 rings (SSSR count). The van der Waals surface area contributed by atoms with Gasteiger partial charge in [-0.2, -0.15) is 0 Å². The number of carbonyl (C=O) groups is 1. The molecule has 0 N–H and O–H groups in total. The molecule has 0 aromatic heterocycles. The van der Waals surface area contributed by atoms with Crippen molar-refractivity contribution in [1.82, 2.24) is 4.90 Å². The molecule has 2 aliphatic rings. The summed E-state index contributed by atoms with van der Waals surface area (Å²) < 4.78 is 13.3. The number of hydrogen-bond acceptors (Lipinski definition) is 3. The molecule has 2 unspecified atom stereocenters. The first kappa shape index (κ1) is 15.0. The Morgan fingerprint density at radius 3 is 3.00 bits per heavy atom. The van der Waals surface area contributed by atoms with Crippen LogP contribution in [-0.4, -0.2) is 34.7 Å². The minimum atomic E-state index is -0.979. The van der Waals surface area contributed by atoms with E-state index < -0.39 is 5.60 Å². The number of nitrogens with zero attached hydrogens (tertiary/aromatic N) is 2. The molecule has 1 aromatic carbocycles. The normalized spacial score (nSPS) is 28.2. The molecule has 1 saturated heterocycles. The number of carbonyl (C=O) groups excluding carboxylic acids is 1. The van der Waals surface area contributed by atoms with Crippen molar-refractivity contribution in [3.05, 3.63) is 35.6 Å². The summed E-state index contributed by atoms with van der Waals surface area (Å²) in [4.78, 5) is 20.2. The van der Waals surface area contributed by atoms with Crippen LogP contribution in [0.4, 0.5) is 4.39 Å². The lowest BCUT2D eigenvalue weighted by molar-refractivity contribution is -0.156. The second-order valence-electron chi connectivity index (χ2n) is 6.39. The number of halogens is 1. The van der Waals surface area contributed by atoms with E-state index in [2.05, 4.69) is 12.1 Å². The van der Waals surface area contributed by atoms with Crippen LogP contribution in [0, 0.1) is 5.82 Å². The second-order valence-corrected chi connectivity index (χ2v) is 6.39. The largest absolute Gasteiger partial charge is 0.379 e. The van der Waals surface area contributed by atoms with Gasteiger partial charge >= 0.3 is 0 Å². The third-order valence-electron chi connectivity index (χ3n) is 4.54. The van der Waals surface area contributed by atoms with Gasteiger partial charge in [0.05, 0.1) is 5.71 Å². The van der Waals surface area contributed by atoms with Gasteiger partial charge in [0.15, 0.2) is 0 Å². The van der Waals surface area contributed by atoms with E-state index in [1.54, 1.807) is 19.1 Å². The Morgan fingerprint density at radius 2 is 2.27 bits per heavy atom. The van der Waals surface area contributed by atoms with Gasteiger partial charge in [-0.15, -0.1) is 0 Å². The van der Waals surface area contributed by atoms with Crippen molar-refractivity contribution >= 4 is 11.6 Å². The van der Waals surface area contributed by atoms with Gasteiger partial charge in [0.25, 0.3) is 5.91 Å². The molecule has 0 spiro atoms. The molecule has 2 atom stereocenters. The summed E-state index contributed by atoms with van der Waals surface area (Å²) in [6, 6.07) is 6.46. The summed E-state index contributed by atoms with van der Waals surface area (Å²) in [5, 5.41) is 4.04. The lowest BCUT2D eigenvalue weighted by Crippen LogP contribution is -2.52. The number of rotatable bonds is 2. The molecule has 2 heterocycles. The highest BCUT2D eigenvalue weighted by molar-refractivity contribution is 6.05. The van der Waals surface area contributed by atoms with Gasteiger partial charge in [-0.05, 0) is 45.2 Å². The Morgan fingerprint density at radius 1 is 1.45 bits per heavy atom. The van der Waals surface area contributed by atoms with Crippen molar-refractivity contribution in [2.45, 2.75) is 51.2 Å². The number of oxime groups is 1. The number of amides is 1. The van der Waals surface area contributed by atoms with E-state index in [4.69, 9.17) is 4.84 Å². The predicted molar refractivity (Wildman–Crippen MR) is 82.1 cm³/mol. The molecule has 4 nitrogen and oxygen atoms in total. The Balaban J connectivity index is 1.75. The summed E-state index contributed by atoms with van der Waals surface area (Å²) >= 11 is 0. The Kier molecular flexibility index (Phi) is 3.89. The Labute approximate surface area is 129 Å². The van der Waals surface area contributed by atoms with Gasteiger partial charge in [0.1, 0.15) is 5.82 Å². The van der Waals surface area contributed by atoms with Crippen molar-refractivity contribution in [2.75, 3.05) is 6.54 Å². The standard InChI is InChI=1S/C17H21FN2O2/c1-12-6-3-4-9-20(12)16(21)17(2)11-15(19-22-17)13-7-5-8-14(18)10-13/h5,7-8,10,12H,3-4,6,9,11H2,1-2H3. The number of likely N-dealkylation sites (tertiary alicyclic amines) is 1. The highest BCUT2D eigenvalue weighted by Crippen LogP contribution is 2.31. The van der Waals surface area contributed by atoms with Gasteiger partial charge in [-0.25, -0.2) is 4.39 Å². The number of benzene rings is 1. The van der Waals surface area contributed by atoms with Crippen LogP contribution in [0.2, 0.25) is 0 Å². The first-order chi connectivity index (χ1) is 10.5. The molecule has 118 valence electrons. The van der Waals surface area contributed by atoms with Gasteiger partial charge < -0.3 is 9.74 Å². The fraction of sp³-hybridized carbons (Fsp3) is 0.529. The van der Waals surface area contributed by atoms with Crippen LogP contribution in [0.15, 0.2) is 29.4 Å². The summed E-state index contributed by atoms with van der Waals surface area (Å²) in [5.74, 6) is -0.334. The van der Waals surface area contributed by atoms with Crippen molar-refractivity contribution in [2.24, 2.45) is 5.16 Å². The molecule has 1 aromatic rings. The van der Waals surface area contributed by atoms with Crippen LogP contribution < -0.4 is 0 Å². The molecule has 5 heteroatoms. The first-order valence-corrected chi connectivity index (χ1v) is 7.82. The molecule has 2 aliphatic heterocycles. The zero-order valence-corrected chi connectivity index (χ0v) is 13.0. The quantitative estimate of drug-likeness (QED) is 0.842. The second kappa shape index (κ2) is 5.71. The molecule has 1 fully saturated rings. The minimum Gasteiger partial charge on any atom is -0.379 e. The maximum Gasteiger partial charge on any atom is 0.269 e. The van der Waals surface area contributed by atoms with Crippen molar-refractivity contribution < 1.29 is 14.0 Å². The third kappa shape index (κ3) is 2.72. The van der Waals surface area contributed by atoms with Gasteiger partial charge in [0, 0.05) is 24.6 Å². The molecule has 0 saturated carbocycles. The van der Waals surface area contributed by atoms with Crippen molar-refractivity contribution in [3.8, 4) is 0 Å². The molecule has 0 aliphatic carbocycles. The average molecular weight is 304 g/mol. The van der Waals surface area contributed by atoms with E-state index in [-0.39, 0.29) is 17.8 Å². The van der Waals surface area contributed by atoms with Crippen LogP contribution in [0.25, 0.3) is 0 Å². The maximum absolute atomic E-state index is 13.3. The lowest BCUT2D eigenvalue weighted by atomic mass is 9.92. The monoisotopic (exact) mass is 304 g/mol. The molecule has 0 bridgehead atoms. The van der Waals surface area contributed by atoms with E-state index in [0.29, 0.717) is 17.7 Å². The first-order valence-electron chi connectivity index (χ1n) is 7.82. The van der Waals surface area contributed by atoms with Crippen molar-refractivity contribution in [1.29, 1.82) is 0 Å². The topological polar surface area (TPSA) is 41.9 Å². The van der Waals surface area contributed by atoms with E-state index in [0.717, 1.165) is 25.8 Å². The van der Waals surface area contributed by atoms with Crippen LogP contribution in [0.5, 0.6) is 0 Å². The van der Waals surface area contributed by atoms with Crippen molar-refractivity contribution in [3.63, 3.8) is 0 Å². The zero-order chi connectivity index (χ0) is 15.7. The smallest absolute Gasteiger partial charge is 0.269 e. The van der Waals surface area contributed by atoms with Crippen LogP contribution in [0.3, 0.4) is 0 Å².